The van der Waals surface area contributed by atoms with E-state index in [2.05, 4.69) is 0 Å². The van der Waals surface area contributed by atoms with Gasteiger partial charge in [-0.2, -0.15) is 0 Å². The van der Waals surface area contributed by atoms with Crippen LogP contribution in [0.5, 0.6) is 0 Å². The standard InChI is InChI=1S/C11H12ClNO2/c12-9-2-1-3-10(5-9)13-6-8(7-14)4-11(13)15/h1-3,5,8,14H,4,6-7H2/t8-/m1/s1. The molecule has 0 saturated carbocycles. The van der Waals surface area contributed by atoms with Crippen LogP contribution in [0.3, 0.4) is 0 Å². The van der Waals surface area contributed by atoms with Gasteiger partial charge in [0, 0.05) is 36.2 Å². The Hall–Kier alpha value is -1.06. The van der Waals surface area contributed by atoms with Crippen molar-refractivity contribution in [2.24, 2.45) is 5.92 Å². The molecule has 15 heavy (non-hydrogen) atoms. The molecule has 1 aromatic carbocycles. The van der Waals surface area contributed by atoms with Crippen LogP contribution in [0.1, 0.15) is 6.42 Å². The zero-order valence-electron chi connectivity index (χ0n) is 8.19. The van der Waals surface area contributed by atoms with Gasteiger partial charge in [0.25, 0.3) is 0 Å². The summed E-state index contributed by atoms with van der Waals surface area (Å²) in [4.78, 5) is 13.3. The third-order valence-corrected chi connectivity index (χ3v) is 2.82. The highest BCUT2D eigenvalue weighted by Gasteiger charge is 2.29. The second-order valence-corrected chi connectivity index (χ2v) is 4.17. The summed E-state index contributed by atoms with van der Waals surface area (Å²) < 4.78 is 0. The Morgan fingerprint density at radius 3 is 2.93 bits per heavy atom. The van der Waals surface area contributed by atoms with Gasteiger partial charge in [0.15, 0.2) is 0 Å². The fourth-order valence-electron chi connectivity index (χ4n) is 1.80. The highest BCUT2D eigenvalue weighted by molar-refractivity contribution is 6.30. The molecule has 1 saturated heterocycles. The van der Waals surface area contributed by atoms with Crippen molar-refractivity contribution in [3.8, 4) is 0 Å². The summed E-state index contributed by atoms with van der Waals surface area (Å²) in [5.41, 5.74) is 0.809. The quantitative estimate of drug-likeness (QED) is 0.832. The number of hydrogen-bond donors (Lipinski definition) is 1. The molecule has 1 atom stereocenters. The lowest BCUT2D eigenvalue weighted by Gasteiger charge is -2.16. The molecular weight excluding hydrogens is 214 g/mol. The van der Waals surface area contributed by atoms with Crippen LogP contribution in [-0.4, -0.2) is 24.2 Å². The van der Waals surface area contributed by atoms with Gasteiger partial charge in [-0.05, 0) is 18.2 Å². The van der Waals surface area contributed by atoms with Gasteiger partial charge in [-0.1, -0.05) is 17.7 Å². The molecule has 1 aliphatic heterocycles. The maximum atomic E-state index is 11.6. The van der Waals surface area contributed by atoms with Crippen LogP contribution in [-0.2, 0) is 4.79 Å². The number of carbonyl (C=O) groups is 1. The number of hydrogen-bond acceptors (Lipinski definition) is 2. The lowest BCUT2D eigenvalue weighted by molar-refractivity contribution is -0.117. The molecule has 0 spiro atoms. The predicted octanol–water partition coefficient (Wildman–Crippen LogP) is 1.69. The van der Waals surface area contributed by atoms with E-state index in [0.717, 1.165) is 5.69 Å². The van der Waals surface area contributed by atoms with Crippen molar-refractivity contribution >= 4 is 23.2 Å². The minimum absolute atomic E-state index is 0.0521. The van der Waals surface area contributed by atoms with Crippen molar-refractivity contribution < 1.29 is 9.90 Å². The summed E-state index contributed by atoms with van der Waals surface area (Å²) in [5, 5.41) is 9.62. The van der Waals surface area contributed by atoms with Crippen molar-refractivity contribution in [3.05, 3.63) is 29.3 Å². The number of anilines is 1. The van der Waals surface area contributed by atoms with Crippen LogP contribution in [0.15, 0.2) is 24.3 Å². The van der Waals surface area contributed by atoms with Crippen LogP contribution in [0.2, 0.25) is 5.02 Å². The first kappa shape index (κ1) is 10.5. The molecule has 0 radical (unpaired) electrons. The third-order valence-electron chi connectivity index (χ3n) is 2.58. The Labute approximate surface area is 93.3 Å². The number of benzene rings is 1. The van der Waals surface area contributed by atoms with Crippen molar-refractivity contribution in [2.45, 2.75) is 6.42 Å². The Morgan fingerprint density at radius 2 is 2.33 bits per heavy atom. The van der Waals surface area contributed by atoms with E-state index in [1.807, 2.05) is 12.1 Å². The molecule has 3 nitrogen and oxygen atoms in total. The number of nitrogens with zero attached hydrogens (tertiary/aromatic N) is 1. The third kappa shape index (κ3) is 2.13. The highest BCUT2D eigenvalue weighted by Crippen LogP contribution is 2.26. The summed E-state index contributed by atoms with van der Waals surface area (Å²) in [5.74, 6) is 0.104. The van der Waals surface area contributed by atoms with E-state index < -0.39 is 0 Å². The molecule has 0 aromatic heterocycles. The first-order valence-corrected chi connectivity index (χ1v) is 5.25. The van der Waals surface area contributed by atoms with Gasteiger partial charge in [0.1, 0.15) is 0 Å². The second-order valence-electron chi connectivity index (χ2n) is 3.74. The Kier molecular flexibility index (Phi) is 2.93. The molecule has 4 heteroatoms. The van der Waals surface area contributed by atoms with Crippen molar-refractivity contribution in [3.63, 3.8) is 0 Å². The second kappa shape index (κ2) is 4.21. The van der Waals surface area contributed by atoms with Crippen molar-refractivity contribution in [1.82, 2.24) is 0 Å². The molecule has 80 valence electrons. The summed E-state index contributed by atoms with van der Waals surface area (Å²) in [6.45, 7) is 0.637. The number of carbonyl (C=O) groups excluding carboxylic acids is 1. The van der Waals surface area contributed by atoms with Gasteiger partial charge in [-0.25, -0.2) is 0 Å². The number of amides is 1. The fraction of sp³-hybridized carbons (Fsp3) is 0.364. The summed E-state index contributed by atoms with van der Waals surface area (Å²) in [6, 6.07) is 7.20. The molecule has 1 amide bonds. The topological polar surface area (TPSA) is 40.5 Å². The van der Waals surface area contributed by atoms with Crippen LogP contribution in [0.4, 0.5) is 5.69 Å². The van der Waals surface area contributed by atoms with E-state index in [-0.39, 0.29) is 18.4 Å². The maximum absolute atomic E-state index is 11.6. The van der Waals surface area contributed by atoms with Crippen molar-refractivity contribution in [2.75, 3.05) is 18.1 Å². The maximum Gasteiger partial charge on any atom is 0.227 e. The van der Waals surface area contributed by atoms with Gasteiger partial charge < -0.3 is 10.0 Å². The molecule has 1 heterocycles. The molecule has 1 aliphatic rings. The number of rotatable bonds is 2. The van der Waals surface area contributed by atoms with Crippen LogP contribution >= 0.6 is 11.6 Å². The van der Waals surface area contributed by atoms with Gasteiger partial charge in [0.2, 0.25) is 5.91 Å². The molecule has 1 fully saturated rings. The normalized spacial score (nSPS) is 21.1. The summed E-state index contributed by atoms with van der Waals surface area (Å²) >= 11 is 5.85. The molecule has 0 unspecified atom stereocenters. The molecule has 1 aromatic rings. The average Bonchev–Trinajstić information content (AvgIpc) is 2.60. The Bertz CT molecular complexity index is 381. The lowest BCUT2D eigenvalue weighted by atomic mass is 10.1. The summed E-state index contributed by atoms with van der Waals surface area (Å²) in [6.07, 6.45) is 0.420. The SMILES string of the molecule is O=C1C[C@@H](CO)CN1c1cccc(Cl)c1. The van der Waals surface area contributed by atoms with Crippen LogP contribution < -0.4 is 4.90 Å². The highest BCUT2D eigenvalue weighted by atomic mass is 35.5. The van der Waals surface area contributed by atoms with E-state index in [0.29, 0.717) is 18.0 Å². The van der Waals surface area contributed by atoms with Crippen LogP contribution in [0.25, 0.3) is 0 Å². The van der Waals surface area contributed by atoms with E-state index in [1.165, 1.54) is 0 Å². The monoisotopic (exact) mass is 225 g/mol. The molecule has 0 aliphatic carbocycles. The molecule has 2 rings (SSSR count). The Balaban J connectivity index is 2.21. The van der Waals surface area contributed by atoms with Gasteiger partial charge in [-0.15, -0.1) is 0 Å². The number of aliphatic hydroxyl groups excluding tert-OH is 1. The predicted molar refractivity (Wildman–Crippen MR) is 59.0 cm³/mol. The van der Waals surface area contributed by atoms with E-state index >= 15 is 0 Å². The van der Waals surface area contributed by atoms with E-state index in [9.17, 15) is 4.79 Å². The minimum atomic E-state index is 0.0521. The van der Waals surface area contributed by atoms with Crippen molar-refractivity contribution in [1.29, 1.82) is 0 Å². The molecular formula is C11H12ClNO2. The van der Waals surface area contributed by atoms with Crippen LogP contribution in [0, 0.1) is 5.92 Å². The summed E-state index contributed by atoms with van der Waals surface area (Å²) in [7, 11) is 0. The van der Waals surface area contributed by atoms with E-state index in [4.69, 9.17) is 16.7 Å². The average molecular weight is 226 g/mol. The fourth-order valence-corrected chi connectivity index (χ4v) is 1.98. The first-order chi connectivity index (χ1) is 7.20. The minimum Gasteiger partial charge on any atom is -0.396 e. The number of aliphatic hydroxyl groups is 1. The van der Waals surface area contributed by atoms with Gasteiger partial charge in [0.05, 0.1) is 0 Å². The smallest absolute Gasteiger partial charge is 0.227 e. The van der Waals surface area contributed by atoms with Gasteiger partial charge >= 0.3 is 0 Å². The molecule has 1 N–H and O–H groups in total. The lowest BCUT2D eigenvalue weighted by Crippen LogP contribution is -2.24. The zero-order chi connectivity index (χ0) is 10.8. The zero-order valence-corrected chi connectivity index (χ0v) is 8.94. The van der Waals surface area contributed by atoms with Gasteiger partial charge in [-0.3, -0.25) is 4.79 Å². The van der Waals surface area contributed by atoms with E-state index in [1.54, 1.807) is 17.0 Å². The first-order valence-electron chi connectivity index (χ1n) is 4.87. The largest absolute Gasteiger partial charge is 0.396 e. The Morgan fingerprint density at radius 1 is 1.53 bits per heavy atom. The molecule has 0 bridgehead atoms. The number of halogens is 1.